The molecule has 0 saturated heterocycles. The number of rotatable bonds is 6. The molecule has 3 rings (SSSR count). The predicted octanol–water partition coefficient (Wildman–Crippen LogP) is 6.42. The molecule has 0 heterocycles. The van der Waals surface area contributed by atoms with Crippen molar-refractivity contribution < 1.29 is 9.90 Å². The van der Waals surface area contributed by atoms with E-state index in [1.165, 1.54) is 0 Å². The quantitative estimate of drug-likeness (QED) is 0.474. The minimum absolute atomic E-state index is 0.0944. The zero-order chi connectivity index (χ0) is 17.6. The Morgan fingerprint density at radius 1 is 0.880 bits per heavy atom. The van der Waals surface area contributed by atoms with Gasteiger partial charge in [0.1, 0.15) is 0 Å². The Balaban J connectivity index is 1.83. The van der Waals surface area contributed by atoms with Gasteiger partial charge in [-0.1, -0.05) is 70.5 Å². The van der Waals surface area contributed by atoms with Crippen molar-refractivity contribution in [1.82, 2.24) is 0 Å². The zero-order valence-electron chi connectivity index (χ0n) is 13.4. The lowest BCUT2D eigenvalue weighted by molar-refractivity contribution is -0.137. The number of thioether (sulfide) groups is 1. The number of benzene rings is 3. The Morgan fingerprint density at radius 3 is 2.00 bits per heavy atom. The van der Waals surface area contributed by atoms with Gasteiger partial charge in [-0.2, -0.15) is 0 Å². The third-order valence-corrected chi connectivity index (χ3v) is 5.64. The first kappa shape index (κ1) is 17.8. The molecule has 0 amide bonds. The topological polar surface area (TPSA) is 37.3 Å². The van der Waals surface area contributed by atoms with Crippen LogP contribution in [-0.2, 0) is 4.79 Å². The van der Waals surface area contributed by atoms with Gasteiger partial charge in [-0.15, -0.1) is 11.8 Å². The largest absolute Gasteiger partial charge is 0.481 e. The second kappa shape index (κ2) is 8.37. The van der Waals surface area contributed by atoms with E-state index in [0.29, 0.717) is 0 Å². The van der Waals surface area contributed by atoms with E-state index >= 15 is 0 Å². The molecule has 25 heavy (non-hydrogen) atoms. The average Bonchev–Trinajstić information content (AvgIpc) is 2.62. The number of carboxylic acids is 1. The Kier molecular flexibility index (Phi) is 5.95. The normalized spacial score (nSPS) is 11.9. The van der Waals surface area contributed by atoms with E-state index in [4.69, 9.17) is 0 Å². The second-order valence-corrected chi connectivity index (χ2v) is 7.84. The molecule has 3 aromatic carbocycles. The summed E-state index contributed by atoms with van der Waals surface area (Å²) in [4.78, 5) is 12.4. The van der Waals surface area contributed by atoms with Gasteiger partial charge in [-0.25, -0.2) is 0 Å². The van der Waals surface area contributed by atoms with Crippen LogP contribution >= 0.6 is 27.7 Å². The lowest BCUT2D eigenvalue weighted by Crippen LogP contribution is -2.03. The molecule has 0 spiro atoms. The molecule has 1 atom stereocenters. The molecule has 0 aromatic heterocycles. The molecule has 0 radical (unpaired) electrons. The van der Waals surface area contributed by atoms with Crippen LogP contribution in [0.3, 0.4) is 0 Å². The smallest absolute Gasteiger partial charge is 0.304 e. The average molecular weight is 413 g/mol. The first-order valence-electron chi connectivity index (χ1n) is 7.91. The molecule has 0 aliphatic rings. The summed E-state index contributed by atoms with van der Waals surface area (Å²) in [5.41, 5.74) is 3.28. The molecule has 0 fully saturated rings. The van der Waals surface area contributed by atoms with Crippen LogP contribution < -0.4 is 0 Å². The molecule has 3 aromatic rings. The monoisotopic (exact) mass is 412 g/mol. The van der Waals surface area contributed by atoms with Crippen LogP contribution in [0.1, 0.15) is 17.2 Å². The van der Waals surface area contributed by atoms with Crippen molar-refractivity contribution in [1.29, 1.82) is 0 Å². The van der Waals surface area contributed by atoms with Crippen molar-refractivity contribution >= 4 is 33.7 Å². The Hall–Kier alpha value is -2.04. The highest BCUT2D eigenvalue weighted by Crippen LogP contribution is 2.38. The van der Waals surface area contributed by atoms with E-state index in [9.17, 15) is 9.90 Å². The molecular formula is C21H17BrO2S. The summed E-state index contributed by atoms with van der Waals surface area (Å²) in [6.07, 6.45) is 0.0944. The molecule has 126 valence electrons. The minimum atomic E-state index is -0.787. The third-order valence-electron chi connectivity index (χ3n) is 3.84. The van der Waals surface area contributed by atoms with Crippen molar-refractivity contribution in [3.05, 3.63) is 88.9 Å². The predicted molar refractivity (Wildman–Crippen MR) is 107 cm³/mol. The van der Waals surface area contributed by atoms with Gasteiger partial charge in [-0.05, 0) is 41.0 Å². The SMILES string of the molecule is O=C(O)CC(Sc1ccccc1)c1ccc(-c2ccc(Br)cc2)cc1. The standard InChI is InChI=1S/C21H17BrO2S/c22-18-12-10-16(11-13-18)15-6-8-17(9-7-15)20(14-21(23)24)25-19-4-2-1-3-5-19/h1-13,20H,14H2,(H,23,24). The van der Waals surface area contributed by atoms with Crippen LogP contribution in [0.25, 0.3) is 11.1 Å². The molecule has 0 aliphatic carbocycles. The molecule has 1 unspecified atom stereocenters. The summed E-state index contributed by atoms with van der Waals surface area (Å²) in [5, 5.41) is 9.15. The lowest BCUT2D eigenvalue weighted by Gasteiger charge is -2.16. The lowest BCUT2D eigenvalue weighted by atomic mass is 10.0. The second-order valence-electron chi connectivity index (χ2n) is 5.65. The summed E-state index contributed by atoms with van der Waals surface area (Å²) < 4.78 is 1.05. The number of hydrogen-bond donors (Lipinski definition) is 1. The van der Waals surface area contributed by atoms with Gasteiger partial charge in [-0.3, -0.25) is 4.79 Å². The van der Waals surface area contributed by atoms with E-state index in [1.807, 2.05) is 54.6 Å². The third kappa shape index (κ3) is 4.97. The summed E-state index contributed by atoms with van der Waals surface area (Å²) in [7, 11) is 0. The van der Waals surface area contributed by atoms with Crippen LogP contribution in [0.4, 0.5) is 0 Å². The van der Waals surface area contributed by atoms with Crippen molar-refractivity contribution in [2.75, 3.05) is 0 Å². The first-order valence-corrected chi connectivity index (χ1v) is 9.58. The van der Waals surface area contributed by atoms with E-state index in [-0.39, 0.29) is 11.7 Å². The number of carboxylic acid groups (broad SMARTS) is 1. The van der Waals surface area contributed by atoms with Gasteiger partial charge in [0.15, 0.2) is 0 Å². The zero-order valence-corrected chi connectivity index (χ0v) is 15.8. The van der Waals surface area contributed by atoms with Crippen LogP contribution in [0.15, 0.2) is 88.2 Å². The number of halogens is 1. The van der Waals surface area contributed by atoms with Gasteiger partial charge < -0.3 is 5.11 Å². The minimum Gasteiger partial charge on any atom is -0.481 e. The van der Waals surface area contributed by atoms with Crippen LogP contribution in [-0.4, -0.2) is 11.1 Å². The fourth-order valence-corrected chi connectivity index (χ4v) is 4.01. The van der Waals surface area contributed by atoms with E-state index in [2.05, 4.69) is 40.2 Å². The Labute approximate surface area is 160 Å². The highest BCUT2D eigenvalue weighted by atomic mass is 79.9. The summed E-state index contributed by atoms with van der Waals surface area (Å²) in [6.45, 7) is 0. The molecule has 1 N–H and O–H groups in total. The fraction of sp³-hybridized carbons (Fsp3) is 0.0952. The van der Waals surface area contributed by atoms with Gasteiger partial charge in [0.05, 0.1) is 6.42 Å². The summed E-state index contributed by atoms with van der Waals surface area (Å²) in [6, 6.07) is 26.2. The highest BCUT2D eigenvalue weighted by molar-refractivity contribution is 9.10. The van der Waals surface area contributed by atoms with E-state index in [0.717, 1.165) is 26.1 Å². The number of hydrogen-bond acceptors (Lipinski definition) is 2. The van der Waals surface area contributed by atoms with E-state index < -0.39 is 5.97 Å². The Bertz CT molecular complexity index is 830. The van der Waals surface area contributed by atoms with Gasteiger partial charge >= 0.3 is 5.97 Å². The molecule has 0 aliphatic heterocycles. The molecular weight excluding hydrogens is 396 g/mol. The maximum atomic E-state index is 11.3. The summed E-state index contributed by atoms with van der Waals surface area (Å²) >= 11 is 5.03. The van der Waals surface area contributed by atoms with Crippen molar-refractivity contribution in [2.45, 2.75) is 16.6 Å². The van der Waals surface area contributed by atoms with Crippen molar-refractivity contribution in [3.63, 3.8) is 0 Å². The molecule has 2 nitrogen and oxygen atoms in total. The molecule has 0 bridgehead atoms. The van der Waals surface area contributed by atoms with Gasteiger partial charge in [0.25, 0.3) is 0 Å². The van der Waals surface area contributed by atoms with Crippen LogP contribution in [0, 0.1) is 0 Å². The molecule has 4 heteroatoms. The maximum Gasteiger partial charge on any atom is 0.304 e. The number of aliphatic carboxylic acids is 1. The van der Waals surface area contributed by atoms with Crippen molar-refractivity contribution in [3.8, 4) is 11.1 Å². The van der Waals surface area contributed by atoms with Crippen molar-refractivity contribution in [2.24, 2.45) is 0 Å². The molecule has 0 saturated carbocycles. The number of carbonyl (C=O) groups is 1. The van der Waals surface area contributed by atoms with Crippen LogP contribution in [0.5, 0.6) is 0 Å². The summed E-state index contributed by atoms with van der Waals surface area (Å²) in [5.74, 6) is -0.787. The van der Waals surface area contributed by atoms with Gasteiger partial charge in [0.2, 0.25) is 0 Å². The highest BCUT2D eigenvalue weighted by Gasteiger charge is 2.17. The first-order chi connectivity index (χ1) is 12.1. The fourth-order valence-electron chi connectivity index (χ4n) is 2.58. The Morgan fingerprint density at radius 2 is 1.44 bits per heavy atom. The van der Waals surface area contributed by atoms with E-state index in [1.54, 1.807) is 11.8 Å². The maximum absolute atomic E-state index is 11.3. The van der Waals surface area contributed by atoms with Crippen LogP contribution in [0.2, 0.25) is 0 Å². The van der Waals surface area contributed by atoms with Gasteiger partial charge in [0, 0.05) is 14.6 Å².